The Hall–Kier alpha value is -3.88. The second kappa shape index (κ2) is 9.88. The lowest BCUT2D eigenvalue weighted by Gasteiger charge is -2.06. The monoisotopic (exact) mass is 397 g/mol. The Morgan fingerprint density at radius 2 is 1.90 bits per heavy atom. The number of esters is 1. The maximum absolute atomic E-state index is 11.8. The van der Waals surface area contributed by atoms with Crippen molar-refractivity contribution in [1.29, 1.82) is 0 Å². The standard InChI is InChI=1S/C20H19N3O6/c24-17(23-20(26)22-11-15-7-4-10-27-15)13-28-19(25)9-8-18-21-12-16(29-18)14-5-2-1-3-6-14/h1-7,10,12H,8-9,11,13H2,(H2,22,23,24,26). The second-order valence-corrected chi connectivity index (χ2v) is 5.96. The maximum atomic E-state index is 11.8. The van der Waals surface area contributed by atoms with Crippen molar-refractivity contribution in [3.8, 4) is 11.3 Å². The van der Waals surface area contributed by atoms with Crippen LogP contribution < -0.4 is 10.6 Å². The molecule has 0 bridgehead atoms. The number of benzene rings is 1. The van der Waals surface area contributed by atoms with E-state index in [9.17, 15) is 14.4 Å². The molecule has 150 valence electrons. The zero-order valence-corrected chi connectivity index (χ0v) is 15.4. The third kappa shape index (κ3) is 6.35. The molecule has 3 amide bonds. The zero-order valence-electron chi connectivity index (χ0n) is 15.4. The van der Waals surface area contributed by atoms with Crippen molar-refractivity contribution < 1.29 is 28.0 Å². The minimum atomic E-state index is -0.738. The number of nitrogens with zero attached hydrogens (tertiary/aromatic N) is 1. The van der Waals surface area contributed by atoms with E-state index < -0.39 is 24.5 Å². The van der Waals surface area contributed by atoms with Crippen LogP contribution in [0, 0.1) is 0 Å². The molecule has 29 heavy (non-hydrogen) atoms. The average molecular weight is 397 g/mol. The summed E-state index contributed by atoms with van der Waals surface area (Å²) in [5.41, 5.74) is 0.885. The molecule has 0 aliphatic carbocycles. The van der Waals surface area contributed by atoms with E-state index >= 15 is 0 Å². The largest absolute Gasteiger partial charge is 0.467 e. The SMILES string of the molecule is O=C(COC(=O)CCc1ncc(-c2ccccc2)o1)NC(=O)NCc1ccco1. The van der Waals surface area contributed by atoms with E-state index in [-0.39, 0.29) is 19.4 Å². The first-order chi connectivity index (χ1) is 14.1. The van der Waals surface area contributed by atoms with Gasteiger partial charge in [-0.05, 0) is 12.1 Å². The molecule has 3 aromatic rings. The van der Waals surface area contributed by atoms with Crippen LogP contribution >= 0.6 is 0 Å². The van der Waals surface area contributed by atoms with Crippen molar-refractivity contribution >= 4 is 17.9 Å². The highest BCUT2D eigenvalue weighted by Crippen LogP contribution is 2.20. The van der Waals surface area contributed by atoms with Crippen molar-refractivity contribution in [1.82, 2.24) is 15.6 Å². The van der Waals surface area contributed by atoms with Crippen LogP contribution in [-0.2, 0) is 27.3 Å². The van der Waals surface area contributed by atoms with Crippen LogP contribution in [0.1, 0.15) is 18.1 Å². The van der Waals surface area contributed by atoms with Crippen LogP contribution in [0.15, 0.2) is 63.8 Å². The molecule has 2 N–H and O–H groups in total. The van der Waals surface area contributed by atoms with Crippen LogP contribution in [0.2, 0.25) is 0 Å². The number of carbonyl (C=O) groups excluding carboxylic acids is 3. The van der Waals surface area contributed by atoms with Crippen LogP contribution in [0.25, 0.3) is 11.3 Å². The number of amides is 3. The fourth-order valence-electron chi connectivity index (χ4n) is 2.38. The van der Waals surface area contributed by atoms with Crippen molar-refractivity contribution in [3.63, 3.8) is 0 Å². The topological polar surface area (TPSA) is 124 Å². The number of hydrogen-bond donors (Lipinski definition) is 2. The van der Waals surface area contributed by atoms with Gasteiger partial charge in [0.1, 0.15) is 5.76 Å². The number of imide groups is 1. The molecule has 9 heteroatoms. The van der Waals surface area contributed by atoms with Crippen molar-refractivity contribution in [3.05, 3.63) is 66.6 Å². The van der Waals surface area contributed by atoms with E-state index in [0.29, 0.717) is 17.4 Å². The van der Waals surface area contributed by atoms with Gasteiger partial charge in [0, 0.05) is 12.0 Å². The number of rotatable bonds is 8. The zero-order chi connectivity index (χ0) is 20.5. The van der Waals surface area contributed by atoms with Crippen LogP contribution in [0.5, 0.6) is 0 Å². The molecule has 0 aliphatic rings. The number of carbonyl (C=O) groups is 3. The maximum Gasteiger partial charge on any atom is 0.321 e. The van der Waals surface area contributed by atoms with Crippen LogP contribution in [-0.4, -0.2) is 29.5 Å². The number of furan rings is 1. The van der Waals surface area contributed by atoms with Crippen molar-refractivity contribution in [2.75, 3.05) is 6.61 Å². The van der Waals surface area contributed by atoms with Gasteiger partial charge in [0.05, 0.1) is 25.4 Å². The summed E-state index contributed by atoms with van der Waals surface area (Å²) in [5, 5.41) is 4.49. The van der Waals surface area contributed by atoms with Crippen LogP contribution in [0.4, 0.5) is 4.79 Å². The lowest BCUT2D eigenvalue weighted by molar-refractivity contribution is -0.148. The summed E-state index contributed by atoms with van der Waals surface area (Å²) in [7, 11) is 0. The molecule has 2 heterocycles. The van der Waals surface area contributed by atoms with E-state index in [0.717, 1.165) is 5.56 Å². The van der Waals surface area contributed by atoms with Gasteiger partial charge in [-0.1, -0.05) is 30.3 Å². The minimum Gasteiger partial charge on any atom is -0.467 e. The van der Waals surface area contributed by atoms with E-state index in [1.54, 1.807) is 18.3 Å². The van der Waals surface area contributed by atoms with E-state index in [4.69, 9.17) is 13.6 Å². The van der Waals surface area contributed by atoms with Crippen molar-refractivity contribution in [2.45, 2.75) is 19.4 Å². The highest BCUT2D eigenvalue weighted by Gasteiger charge is 2.13. The molecule has 0 unspecified atom stereocenters. The summed E-state index contributed by atoms with van der Waals surface area (Å²) in [5.74, 6) is 0.200. The van der Waals surface area contributed by atoms with E-state index in [1.165, 1.54) is 6.26 Å². The summed E-state index contributed by atoms with van der Waals surface area (Å²) in [6.45, 7) is -0.430. The first-order valence-corrected chi connectivity index (χ1v) is 8.86. The van der Waals surface area contributed by atoms with Gasteiger partial charge in [0.25, 0.3) is 5.91 Å². The second-order valence-electron chi connectivity index (χ2n) is 5.96. The number of ether oxygens (including phenoxy) is 1. The Morgan fingerprint density at radius 3 is 2.66 bits per heavy atom. The molecule has 9 nitrogen and oxygen atoms in total. The molecule has 0 atom stereocenters. The fourth-order valence-corrected chi connectivity index (χ4v) is 2.38. The molecule has 0 fully saturated rings. The Balaban J connectivity index is 1.34. The number of aryl methyl sites for hydroxylation is 1. The number of aromatic nitrogens is 1. The average Bonchev–Trinajstić information content (AvgIpc) is 3.42. The Bertz CT molecular complexity index is 950. The quantitative estimate of drug-likeness (QED) is 0.560. The third-order valence-corrected chi connectivity index (χ3v) is 3.78. The Kier molecular flexibility index (Phi) is 6.77. The third-order valence-electron chi connectivity index (χ3n) is 3.78. The molecule has 2 aromatic heterocycles. The Labute approximate surface area is 166 Å². The van der Waals surface area contributed by atoms with Crippen molar-refractivity contribution in [2.24, 2.45) is 0 Å². The lowest BCUT2D eigenvalue weighted by atomic mass is 10.2. The Morgan fingerprint density at radius 1 is 1.07 bits per heavy atom. The summed E-state index contributed by atoms with van der Waals surface area (Å²) in [6.07, 6.45) is 3.29. The molecule has 0 spiro atoms. The summed E-state index contributed by atoms with van der Waals surface area (Å²) in [6, 6.07) is 12.1. The predicted octanol–water partition coefficient (Wildman–Crippen LogP) is 2.44. The van der Waals surface area contributed by atoms with Crippen LogP contribution in [0.3, 0.4) is 0 Å². The molecule has 3 rings (SSSR count). The van der Waals surface area contributed by atoms with E-state index in [1.807, 2.05) is 30.3 Å². The van der Waals surface area contributed by atoms with Gasteiger partial charge in [0.15, 0.2) is 18.3 Å². The molecular weight excluding hydrogens is 378 g/mol. The van der Waals surface area contributed by atoms with Gasteiger partial charge >= 0.3 is 12.0 Å². The highest BCUT2D eigenvalue weighted by atomic mass is 16.5. The number of hydrogen-bond acceptors (Lipinski definition) is 7. The predicted molar refractivity (Wildman–Crippen MR) is 100 cm³/mol. The van der Waals surface area contributed by atoms with Gasteiger partial charge in [0.2, 0.25) is 0 Å². The number of urea groups is 1. The number of nitrogens with one attached hydrogen (secondary N) is 2. The molecule has 0 saturated heterocycles. The first kappa shape index (κ1) is 19.9. The van der Waals surface area contributed by atoms with Gasteiger partial charge in [-0.15, -0.1) is 0 Å². The molecular formula is C20H19N3O6. The summed E-state index contributed by atoms with van der Waals surface area (Å²) in [4.78, 5) is 39.1. The van der Waals surface area contributed by atoms with E-state index in [2.05, 4.69) is 15.6 Å². The van der Waals surface area contributed by atoms with Gasteiger partial charge in [-0.25, -0.2) is 9.78 Å². The minimum absolute atomic E-state index is 0.00723. The normalized spacial score (nSPS) is 10.3. The van der Waals surface area contributed by atoms with Gasteiger partial charge < -0.3 is 18.9 Å². The lowest BCUT2D eigenvalue weighted by Crippen LogP contribution is -2.41. The highest BCUT2D eigenvalue weighted by molar-refractivity contribution is 5.95. The van der Waals surface area contributed by atoms with Gasteiger partial charge in [-0.3, -0.25) is 14.9 Å². The molecule has 1 aromatic carbocycles. The molecule has 0 aliphatic heterocycles. The fraction of sp³-hybridized carbons (Fsp3) is 0.200. The summed E-state index contributed by atoms with van der Waals surface area (Å²) >= 11 is 0. The summed E-state index contributed by atoms with van der Waals surface area (Å²) < 4.78 is 15.5. The molecule has 0 saturated carbocycles. The van der Waals surface area contributed by atoms with Gasteiger partial charge in [-0.2, -0.15) is 0 Å². The molecule has 0 radical (unpaired) electrons. The smallest absolute Gasteiger partial charge is 0.321 e. The number of oxazole rings is 1. The first-order valence-electron chi connectivity index (χ1n) is 8.86.